The fourth-order valence-corrected chi connectivity index (χ4v) is 1.69. The van der Waals surface area contributed by atoms with Crippen molar-refractivity contribution in [2.45, 2.75) is 18.9 Å². The molecule has 0 saturated heterocycles. The third kappa shape index (κ3) is 2.87. The Bertz CT molecular complexity index is 437. The maximum Gasteiger partial charge on any atom is 0.343 e. The summed E-state index contributed by atoms with van der Waals surface area (Å²) in [6.45, 7) is 1.30. The standard InChI is InChI=1S/C13H16O5/c1-9(14)8-13(16,12(15)18-3)10-4-6-11(17-2)7-5-10/h4-7,16H,8H2,1-3H3/t13-/m1/s1. The van der Waals surface area contributed by atoms with Crippen LogP contribution in [0.15, 0.2) is 24.3 Å². The molecular formula is C13H16O5. The highest BCUT2D eigenvalue weighted by Gasteiger charge is 2.40. The molecule has 0 saturated carbocycles. The fraction of sp³-hybridized carbons (Fsp3) is 0.385. The number of aliphatic hydroxyl groups is 1. The van der Waals surface area contributed by atoms with Crippen LogP contribution >= 0.6 is 0 Å². The van der Waals surface area contributed by atoms with E-state index < -0.39 is 11.6 Å². The van der Waals surface area contributed by atoms with Crippen LogP contribution in [0.4, 0.5) is 0 Å². The van der Waals surface area contributed by atoms with E-state index in [1.165, 1.54) is 26.2 Å². The summed E-state index contributed by atoms with van der Waals surface area (Å²) in [5.41, 5.74) is -1.65. The lowest BCUT2D eigenvalue weighted by Crippen LogP contribution is -2.38. The van der Waals surface area contributed by atoms with Gasteiger partial charge in [0.2, 0.25) is 0 Å². The Morgan fingerprint density at radius 2 is 1.78 bits per heavy atom. The van der Waals surface area contributed by atoms with E-state index in [1.54, 1.807) is 12.1 Å². The Morgan fingerprint density at radius 3 is 2.17 bits per heavy atom. The van der Waals surface area contributed by atoms with E-state index in [9.17, 15) is 14.7 Å². The second-order valence-corrected chi connectivity index (χ2v) is 3.96. The number of Topliss-reactive ketones (excluding diaryl/α,β-unsaturated/α-hetero) is 1. The molecule has 0 aliphatic rings. The summed E-state index contributed by atoms with van der Waals surface area (Å²) in [4.78, 5) is 22.9. The largest absolute Gasteiger partial charge is 0.497 e. The van der Waals surface area contributed by atoms with Gasteiger partial charge in [0.25, 0.3) is 0 Å². The molecule has 5 heteroatoms. The Balaban J connectivity index is 3.16. The third-order valence-electron chi connectivity index (χ3n) is 2.60. The highest BCUT2D eigenvalue weighted by Crippen LogP contribution is 2.28. The molecule has 0 amide bonds. The lowest BCUT2D eigenvalue weighted by atomic mass is 9.89. The zero-order chi connectivity index (χ0) is 13.8. The van der Waals surface area contributed by atoms with Crippen LogP contribution in [0.1, 0.15) is 18.9 Å². The molecule has 5 nitrogen and oxygen atoms in total. The van der Waals surface area contributed by atoms with Crippen molar-refractivity contribution in [1.29, 1.82) is 0 Å². The second kappa shape index (κ2) is 5.64. The van der Waals surface area contributed by atoms with E-state index in [2.05, 4.69) is 4.74 Å². The summed E-state index contributed by atoms with van der Waals surface area (Å²) < 4.78 is 9.54. The molecule has 1 aromatic rings. The van der Waals surface area contributed by atoms with E-state index >= 15 is 0 Å². The molecule has 0 unspecified atom stereocenters. The molecule has 0 aliphatic heterocycles. The van der Waals surface area contributed by atoms with Gasteiger partial charge in [-0.15, -0.1) is 0 Å². The zero-order valence-corrected chi connectivity index (χ0v) is 10.6. The Labute approximate surface area is 105 Å². The SMILES string of the molecule is COC(=O)[C@@](O)(CC(C)=O)c1ccc(OC)cc1. The maximum absolute atomic E-state index is 11.7. The van der Waals surface area contributed by atoms with Crippen LogP contribution in [0.25, 0.3) is 0 Å². The van der Waals surface area contributed by atoms with Gasteiger partial charge in [-0.1, -0.05) is 12.1 Å². The predicted octanol–water partition coefficient (Wildman–Crippen LogP) is 1.03. The zero-order valence-electron chi connectivity index (χ0n) is 10.6. The minimum atomic E-state index is -1.95. The van der Waals surface area contributed by atoms with Crippen LogP contribution in [0.3, 0.4) is 0 Å². The molecule has 0 aliphatic carbocycles. The molecule has 1 aromatic carbocycles. The summed E-state index contributed by atoms with van der Waals surface area (Å²) in [6, 6.07) is 6.25. The monoisotopic (exact) mass is 252 g/mol. The average Bonchev–Trinajstić information content (AvgIpc) is 2.36. The summed E-state index contributed by atoms with van der Waals surface area (Å²) in [5, 5.41) is 10.3. The summed E-state index contributed by atoms with van der Waals surface area (Å²) in [5.74, 6) is -0.574. The molecule has 0 bridgehead atoms. The molecule has 1 rings (SSSR count). The van der Waals surface area contributed by atoms with E-state index in [-0.39, 0.29) is 12.2 Å². The molecule has 0 spiro atoms. The van der Waals surface area contributed by atoms with Crippen molar-refractivity contribution in [3.8, 4) is 5.75 Å². The molecule has 0 heterocycles. The highest BCUT2D eigenvalue weighted by molar-refractivity contribution is 5.88. The molecule has 0 fully saturated rings. The lowest BCUT2D eigenvalue weighted by molar-refractivity contribution is -0.166. The Kier molecular flexibility index (Phi) is 4.44. The number of rotatable bonds is 5. The minimum Gasteiger partial charge on any atom is -0.497 e. The number of ketones is 1. The van der Waals surface area contributed by atoms with Gasteiger partial charge in [-0.2, -0.15) is 0 Å². The van der Waals surface area contributed by atoms with Crippen molar-refractivity contribution in [3.63, 3.8) is 0 Å². The topological polar surface area (TPSA) is 72.8 Å². The molecule has 18 heavy (non-hydrogen) atoms. The van der Waals surface area contributed by atoms with Crippen LogP contribution < -0.4 is 4.74 Å². The maximum atomic E-state index is 11.7. The Hall–Kier alpha value is -1.88. The van der Waals surface area contributed by atoms with E-state index in [4.69, 9.17) is 4.74 Å². The molecule has 1 N–H and O–H groups in total. The van der Waals surface area contributed by atoms with E-state index in [1.807, 2.05) is 0 Å². The number of hydrogen-bond donors (Lipinski definition) is 1. The van der Waals surface area contributed by atoms with Crippen LogP contribution in [0.5, 0.6) is 5.75 Å². The van der Waals surface area contributed by atoms with Gasteiger partial charge in [0.1, 0.15) is 11.5 Å². The Morgan fingerprint density at radius 1 is 1.22 bits per heavy atom. The quantitative estimate of drug-likeness (QED) is 0.792. The fourth-order valence-electron chi connectivity index (χ4n) is 1.69. The lowest BCUT2D eigenvalue weighted by Gasteiger charge is -2.24. The number of carbonyl (C=O) groups is 2. The van der Waals surface area contributed by atoms with Crippen LogP contribution in [-0.2, 0) is 19.9 Å². The van der Waals surface area contributed by atoms with Gasteiger partial charge in [-0.3, -0.25) is 4.79 Å². The van der Waals surface area contributed by atoms with Crippen molar-refractivity contribution in [2.24, 2.45) is 0 Å². The first-order chi connectivity index (χ1) is 8.43. The first kappa shape index (κ1) is 14.2. The minimum absolute atomic E-state index is 0.297. The predicted molar refractivity (Wildman–Crippen MR) is 64.2 cm³/mol. The smallest absolute Gasteiger partial charge is 0.343 e. The number of methoxy groups -OCH3 is 2. The van der Waals surface area contributed by atoms with E-state index in [0.717, 1.165) is 7.11 Å². The first-order valence-electron chi connectivity index (χ1n) is 5.39. The van der Waals surface area contributed by atoms with Crippen molar-refractivity contribution < 1.29 is 24.2 Å². The van der Waals surface area contributed by atoms with Gasteiger partial charge in [0.05, 0.1) is 14.2 Å². The van der Waals surface area contributed by atoms with Crippen LogP contribution in [0.2, 0.25) is 0 Å². The molecule has 1 atom stereocenters. The number of carbonyl (C=O) groups excluding carboxylic acids is 2. The van der Waals surface area contributed by atoms with Gasteiger partial charge in [0.15, 0.2) is 5.60 Å². The molecule has 98 valence electrons. The molecule has 0 radical (unpaired) electrons. The number of benzene rings is 1. The summed E-state index contributed by atoms with van der Waals surface area (Å²) >= 11 is 0. The summed E-state index contributed by atoms with van der Waals surface area (Å²) in [6.07, 6.45) is -0.327. The third-order valence-corrected chi connectivity index (χ3v) is 2.60. The van der Waals surface area contributed by atoms with E-state index in [0.29, 0.717) is 11.3 Å². The first-order valence-corrected chi connectivity index (χ1v) is 5.39. The van der Waals surface area contributed by atoms with Gasteiger partial charge < -0.3 is 14.6 Å². The number of ether oxygens (including phenoxy) is 2. The molecular weight excluding hydrogens is 236 g/mol. The highest BCUT2D eigenvalue weighted by atomic mass is 16.5. The number of hydrogen-bond acceptors (Lipinski definition) is 5. The van der Waals surface area contributed by atoms with Gasteiger partial charge in [-0.05, 0) is 24.6 Å². The van der Waals surface area contributed by atoms with Crippen molar-refractivity contribution in [2.75, 3.05) is 14.2 Å². The normalized spacial score (nSPS) is 13.6. The van der Waals surface area contributed by atoms with Crippen molar-refractivity contribution in [1.82, 2.24) is 0 Å². The number of esters is 1. The van der Waals surface area contributed by atoms with Crippen molar-refractivity contribution >= 4 is 11.8 Å². The van der Waals surface area contributed by atoms with Gasteiger partial charge in [0, 0.05) is 6.42 Å². The average molecular weight is 252 g/mol. The summed E-state index contributed by atoms with van der Waals surface area (Å²) in [7, 11) is 2.67. The van der Waals surface area contributed by atoms with Crippen LogP contribution in [0, 0.1) is 0 Å². The van der Waals surface area contributed by atoms with Crippen molar-refractivity contribution in [3.05, 3.63) is 29.8 Å². The second-order valence-electron chi connectivity index (χ2n) is 3.96. The van der Waals surface area contributed by atoms with Crippen LogP contribution in [-0.4, -0.2) is 31.1 Å². The van der Waals surface area contributed by atoms with Gasteiger partial charge in [-0.25, -0.2) is 4.79 Å². The van der Waals surface area contributed by atoms with Gasteiger partial charge >= 0.3 is 5.97 Å². The molecule has 0 aromatic heterocycles.